The van der Waals surface area contributed by atoms with Gasteiger partial charge >= 0.3 is 0 Å². The summed E-state index contributed by atoms with van der Waals surface area (Å²) in [4.78, 5) is 20.2. The molecule has 1 amide bonds. The molecule has 1 aromatic carbocycles. The van der Waals surface area contributed by atoms with Crippen molar-refractivity contribution in [1.82, 2.24) is 14.7 Å². The van der Waals surface area contributed by atoms with Crippen molar-refractivity contribution in [2.75, 3.05) is 24.5 Å². The number of carbonyl (C=O) groups is 1. The molecule has 0 saturated carbocycles. The lowest BCUT2D eigenvalue weighted by atomic mass is 9.97. The highest BCUT2D eigenvalue weighted by atomic mass is 35.5. The Hall–Kier alpha value is -1.96. The molecule has 2 aromatic heterocycles. The molecule has 0 radical (unpaired) electrons. The summed E-state index contributed by atoms with van der Waals surface area (Å²) in [6.07, 6.45) is 3.33. The van der Waals surface area contributed by atoms with Crippen LogP contribution in [0, 0.1) is 5.92 Å². The van der Waals surface area contributed by atoms with Gasteiger partial charge in [-0.1, -0.05) is 29.8 Å². The topological polar surface area (TPSA) is 58.1 Å². The molecule has 0 unspecified atom stereocenters. The van der Waals surface area contributed by atoms with Crippen LogP contribution in [0.3, 0.4) is 0 Å². The molecule has 3 heterocycles. The average Bonchev–Trinajstić information content (AvgIpc) is 3.41. The Labute approximate surface area is 183 Å². The maximum atomic E-state index is 12.1. The second-order valence-electron chi connectivity index (χ2n) is 7.29. The van der Waals surface area contributed by atoms with Gasteiger partial charge in [-0.3, -0.25) is 4.79 Å². The van der Waals surface area contributed by atoms with Crippen molar-refractivity contribution in [3.63, 3.8) is 0 Å². The molecule has 3 aromatic rings. The van der Waals surface area contributed by atoms with Gasteiger partial charge in [0, 0.05) is 47.5 Å². The number of anilines is 1. The summed E-state index contributed by atoms with van der Waals surface area (Å²) in [5.74, 6) is 1.50. The fraction of sp³-hybridized carbons (Fsp3) is 0.381. The van der Waals surface area contributed by atoms with Crippen molar-refractivity contribution < 1.29 is 4.79 Å². The van der Waals surface area contributed by atoms with Gasteiger partial charge in [0.15, 0.2) is 0 Å². The van der Waals surface area contributed by atoms with Crippen LogP contribution in [0.15, 0.2) is 41.8 Å². The summed E-state index contributed by atoms with van der Waals surface area (Å²) in [5.41, 5.74) is 1.16. The van der Waals surface area contributed by atoms with Crippen LogP contribution in [-0.4, -0.2) is 34.9 Å². The number of aromatic nitrogens is 2. The molecule has 1 saturated heterocycles. The van der Waals surface area contributed by atoms with Crippen molar-refractivity contribution in [1.29, 1.82) is 0 Å². The van der Waals surface area contributed by atoms with Crippen molar-refractivity contribution in [3.05, 3.63) is 63.1 Å². The van der Waals surface area contributed by atoms with Crippen LogP contribution in [0.5, 0.6) is 0 Å². The Balaban J connectivity index is 1.22. The smallest absolute Gasteiger partial charge is 0.225 e. The quantitative estimate of drug-likeness (QED) is 0.583. The highest BCUT2D eigenvalue weighted by molar-refractivity contribution is 7.10. The van der Waals surface area contributed by atoms with Crippen LogP contribution in [0.25, 0.3) is 0 Å². The summed E-state index contributed by atoms with van der Waals surface area (Å²) < 4.78 is 4.52. The van der Waals surface area contributed by atoms with Crippen LogP contribution in [-0.2, 0) is 17.6 Å². The monoisotopic (exact) mass is 446 g/mol. The van der Waals surface area contributed by atoms with Gasteiger partial charge in [0.2, 0.25) is 11.0 Å². The minimum atomic E-state index is 0.117. The third kappa shape index (κ3) is 5.78. The average molecular weight is 447 g/mol. The molecule has 1 fully saturated rings. The number of halogens is 1. The Morgan fingerprint density at radius 2 is 2.00 bits per heavy atom. The number of nitrogens with one attached hydrogen (secondary N) is 1. The van der Waals surface area contributed by atoms with E-state index in [9.17, 15) is 4.79 Å². The van der Waals surface area contributed by atoms with Gasteiger partial charge < -0.3 is 10.2 Å². The number of amides is 1. The third-order valence-electron chi connectivity index (χ3n) is 5.12. The molecule has 0 aliphatic carbocycles. The highest BCUT2D eigenvalue weighted by Crippen LogP contribution is 2.25. The summed E-state index contributed by atoms with van der Waals surface area (Å²) in [6, 6.07) is 11.8. The van der Waals surface area contributed by atoms with Gasteiger partial charge in [0.1, 0.15) is 5.82 Å². The molecule has 29 heavy (non-hydrogen) atoms. The number of hydrogen-bond donors (Lipinski definition) is 1. The van der Waals surface area contributed by atoms with E-state index < -0.39 is 0 Å². The molecular weight excluding hydrogens is 424 g/mol. The van der Waals surface area contributed by atoms with E-state index in [1.807, 2.05) is 41.8 Å². The van der Waals surface area contributed by atoms with Crippen LogP contribution < -0.4 is 10.2 Å². The summed E-state index contributed by atoms with van der Waals surface area (Å²) >= 11 is 9.04. The predicted molar refractivity (Wildman–Crippen MR) is 120 cm³/mol. The fourth-order valence-corrected chi connectivity index (χ4v) is 5.02. The second-order valence-corrected chi connectivity index (χ2v) is 9.49. The van der Waals surface area contributed by atoms with Crippen molar-refractivity contribution in [3.8, 4) is 0 Å². The maximum Gasteiger partial charge on any atom is 0.225 e. The number of carbonyl (C=O) groups excluding carboxylic acids is 1. The van der Waals surface area contributed by atoms with Gasteiger partial charge in [0.25, 0.3) is 0 Å². The van der Waals surface area contributed by atoms with Crippen LogP contribution in [0.1, 0.15) is 29.1 Å². The first-order valence-electron chi connectivity index (χ1n) is 9.77. The molecule has 1 N–H and O–H groups in total. The molecule has 8 heteroatoms. The second kappa shape index (κ2) is 9.69. The zero-order chi connectivity index (χ0) is 20.1. The van der Waals surface area contributed by atoms with Crippen LogP contribution >= 0.6 is 34.5 Å². The third-order valence-corrected chi connectivity index (χ3v) is 7.06. The number of thiophene rings is 1. The van der Waals surface area contributed by atoms with Gasteiger partial charge in [-0.05, 0) is 47.9 Å². The van der Waals surface area contributed by atoms with E-state index in [1.165, 1.54) is 11.5 Å². The number of benzene rings is 1. The van der Waals surface area contributed by atoms with Crippen LogP contribution in [0.4, 0.5) is 5.13 Å². The zero-order valence-electron chi connectivity index (χ0n) is 16.0. The first-order chi connectivity index (χ1) is 14.2. The van der Waals surface area contributed by atoms with E-state index in [2.05, 4.69) is 14.6 Å². The minimum absolute atomic E-state index is 0.117. The summed E-state index contributed by atoms with van der Waals surface area (Å²) in [5, 5.41) is 6.84. The Morgan fingerprint density at radius 1 is 1.21 bits per heavy atom. The normalized spacial score (nSPS) is 14.9. The Bertz CT molecular complexity index is 919. The Kier molecular flexibility index (Phi) is 6.79. The zero-order valence-corrected chi connectivity index (χ0v) is 18.4. The molecule has 4 rings (SSSR count). The molecule has 0 atom stereocenters. The lowest BCUT2D eigenvalue weighted by Gasteiger charge is -2.31. The minimum Gasteiger partial charge on any atom is -0.356 e. The largest absolute Gasteiger partial charge is 0.356 e. The first-order valence-corrected chi connectivity index (χ1v) is 11.8. The van der Waals surface area contributed by atoms with E-state index >= 15 is 0 Å². The SMILES string of the molecule is O=C(Cc1cccs1)NCC1CCN(c2nc(Cc3ccc(Cl)cc3)ns2)CC1. The van der Waals surface area contributed by atoms with E-state index in [0.29, 0.717) is 12.3 Å². The molecule has 1 aliphatic rings. The lowest BCUT2D eigenvalue weighted by Crippen LogP contribution is -2.39. The van der Waals surface area contributed by atoms with Crippen molar-refractivity contribution >= 4 is 45.5 Å². The summed E-state index contributed by atoms with van der Waals surface area (Å²) in [6.45, 7) is 2.68. The van der Waals surface area contributed by atoms with Crippen LogP contribution in [0.2, 0.25) is 5.02 Å². The van der Waals surface area contributed by atoms with E-state index in [1.54, 1.807) is 11.3 Å². The first kappa shape index (κ1) is 20.3. The molecule has 0 bridgehead atoms. The standard InChI is InChI=1S/C21H23ClN4OS2/c22-17-5-3-15(4-6-17)12-19-24-21(29-25-19)26-9-7-16(8-10-26)14-23-20(27)13-18-2-1-11-28-18/h1-6,11,16H,7-10,12-14H2,(H,23,27). The fourth-order valence-electron chi connectivity index (χ4n) is 3.45. The van der Waals surface area contributed by atoms with Gasteiger partial charge in [-0.15, -0.1) is 11.3 Å². The van der Waals surface area contributed by atoms with Gasteiger partial charge in [0.05, 0.1) is 6.42 Å². The lowest BCUT2D eigenvalue weighted by molar-refractivity contribution is -0.120. The van der Waals surface area contributed by atoms with Crippen molar-refractivity contribution in [2.45, 2.75) is 25.7 Å². The van der Waals surface area contributed by atoms with Gasteiger partial charge in [-0.2, -0.15) is 4.37 Å². The Morgan fingerprint density at radius 3 is 2.72 bits per heavy atom. The number of nitrogens with zero attached hydrogens (tertiary/aromatic N) is 3. The molecule has 152 valence electrons. The summed E-state index contributed by atoms with van der Waals surface area (Å²) in [7, 11) is 0. The predicted octanol–water partition coefficient (Wildman–Crippen LogP) is 4.42. The number of piperidine rings is 1. The number of hydrogen-bond acceptors (Lipinski definition) is 6. The highest BCUT2D eigenvalue weighted by Gasteiger charge is 2.22. The molecule has 0 spiro atoms. The maximum absolute atomic E-state index is 12.1. The van der Waals surface area contributed by atoms with E-state index in [0.717, 1.165) is 65.3 Å². The van der Waals surface area contributed by atoms with E-state index in [4.69, 9.17) is 16.6 Å². The van der Waals surface area contributed by atoms with E-state index in [-0.39, 0.29) is 5.91 Å². The molecular formula is C21H23ClN4OS2. The number of rotatable bonds is 7. The van der Waals surface area contributed by atoms with Crippen molar-refractivity contribution in [2.24, 2.45) is 5.92 Å². The van der Waals surface area contributed by atoms with Gasteiger partial charge in [-0.25, -0.2) is 4.98 Å². The molecule has 1 aliphatic heterocycles. The molecule has 5 nitrogen and oxygen atoms in total.